The Balaban J connectivity index is 2.10. The molecule has 1 fully saturated rings. The molecule has 1 aliphatic heterocycles. The number of carboxylic acids is 1. The fourth-order valence-corrected chi connectivity index (χ4v) is 5.06. The summed E-state index contributed by atoms with van der Waals surface area (Å²) in [7, 11) is 3.90. The molecule has 6 heteroatoms. The molecule has 0 spiro atoms. The highest BCUT2D eigenvalue weighted by Crippen LogP contribution is 2.39. The molecule has 0 aromatic heterocycles. The van der Waals surface area contributed by atoms with E-state index >= 15 is 0 Å². The molecule has 2 N–H and O–H groups in total. The molecule has 19 heavy (non-hydrogen) atoms. The van der Waals surface area contributed by atoms with E-state index < -0.39 is 12.0 Å². The Bertz CT molecular complexity index is 294. The van der Waals surface area contributed by atoms with Gasteiger partial charge in [0.2, 0.25) is 5.91 Å². The average Bonchev–Trinajstić information content (AvgIpc) is 2.87. The van der Waals surface area contributed by atoms with E-state index in [1.807, 2.05) is 28.5 Å². The maximum absolute atomic E-state index is 11.6. The van der Waals surface area contributed by atoms with Gasteiger partial charge in [-0.2, -0.15) is 0 Å². The third kappa shape index (κ3) is 7.11. The molecule has 0 radical (unpaired) electrons. The SMILES string of the molecule is CCC[C@H](NC(=O)CCCC[C@@H]1CCSS1)C(=O)O. The molecule has 0 aromatic rings. The third-order valence-electron chi connectivity index (χ3n) is 3.12. The summed E-state index contributed by atoms with van der Waals surface area (Å²) in [6.07, 6.45) is 6.05. The maximum atomic E-state index is 11.6. The summed E-state index contributed by atoms with van der Waals surface area (Å²) in [6, 6.07) is -0.723. The Kier molecular flexibility index (Phi) is 8.37. The van der Waals surface area contributed by atoms with Gasteiger partial charge in [-0.25, -0.2) is 4.79 Å². The van der Waals surface area contributed by atoms with Crippen molar-refractivity contribution >= 4 is 33.5 Å². The lowest BCUT2D eigenvalue weighted by Crippen LogP contribution is -2.40. The minimum absolute atomic E-state index is 0.130. The monoisotopic (exact) mass is 305 g/mol. The van der Waals surface area contributed by atoms with Crippen LogP contribution in [0.2, 0.25) is 0 Å². The molecule has 1 amide bonds. The van der Waals surface area contributed by atoms with Crippen LogP contribution < -0.4 is 5.32 Å². The number of hydrogen-bond acceptors (Lipinski definition) is 4. The maximum Gasteiger partial charge on any atom is 0.326 e. The zero-order valence-corrected chi connectivity index (χ0v) is 13.0. The molecule has 0 aliphatic carbocycles. The van der Waals surface area contributed by atoms with E-state index in [9.17, 15) is 9.59 Å². The molecule has 1 rings (SSSR count). The lowest BCUT2D eigenvalue weighted by Gasteiger charge is -2.13. The number of carboxylic acid groups (broad SMARTS) is 1. The van der Waals surface area contributed by atoms with Gasteiger partial charge in [0.25, 0.3) is 0 Å². The molecule has 0 unspecified atom stereocenters. The first-order chi connectivity index (χ1) is 9.13. The number of nitrogens with one attached hydrogen (secondary N) is 1. The lowest BCUT2D eigenvalue weighted by atomic mass is 10.1. The molecule has 1 heterocycles. The van der Waals surface area contributed by atoms with Gasteiger partial charge in [0.15, 0.2) is 0 Å². The minimum atomic E-state index is -0.936. The van der Waals surface area contributed by atoms with E-state index in [4.69, 9.17) is 5.11 Å². The Morgan fingerprint density at radius 3 is 2.79 bits per heavy atom. The number of amides is 1. The molecule has 0 aromatic carbocycles. The molecule has 0 saturated carbocycles. The first-order valence-electron chi connectivity index (χ1n) is 6.94. The topological polar surface area (TPSA) is 66.4 Å². The summed E-state index contributed by atoms with van der Waals surface area (Å²) in [5.74, 6) is 0.177. The Hall–Kier alpha value is -0.360. The van der Waals surface area contributed by atoms with Crippen molar-refractivity contribution in [3.8, 4) is 0 Å². The van der Waals surface area contributed by atoms with Gasteiger partial charge in [-0.15, -0.1) is 0 Å². The van der Waals surface area contributed by atoms with Gasteiger partial charge < -0.3 is 10.4 Å². The highest BCUT2D eigenvalue weighted by atomic mass is 33.1. The fourth-order valence-electron chi connectivity index (χ4n) is 2.03. The predicted molar refractivity (Wildman–Crippen MR) is 81.4 cm³/mol. The van der Waals surface area contributed by atoms with Gasteiger partial charge in [-0.3, -0.25) is 4.79 Å². The van der Waals surface area contributed by atoms with Crippen LogP contribution in [0.3, 0.4) is 0 Å². The van der Waals surface area contributed by atoms with Crippen molar-refractivity contribution in [1.82, 2.24) is 5.32 Å². The van der Waals surface area contributed by atoms with Crippen molar-refractivity contribution in [2.45, 2.75) is 63.2 Å². The van der Waals surface area contributed by atoms with E-state index in [0.29, 0.717) is 12.8 Å². The molecular weight excluding hydrogens is 282 g/mol. The second kappa shape index (κ2) is 9.53. The van der Waals surface area contributed by atoms with Crippen molar-refractivity contribution in [3.05, 3.63) is 0 Å². The van der Waals surface area contributed by atoms with Crippen LogP contribution in [0, 0.1) is 0 Å². The van der Waals surface area contributed by atoms with Crippen molar-refractivity contribution < 1.29 is 14.7 Å². The van der Waals surface area contributed by atoms with Crippen molar-refractivity contribution in [2.75, 3.05) is 5.75 Å². The lowest BCUT2D eigenvalue weighted by molar-refractivity contribution is -0.142. The summed E-state index contributed by atoms with van der Waals surface area (Å²) in [5.41, 5.74) is 0. The quantitative estimate of drug-likeness (QED) is 0.506. The summed E-state index contributed by atoms with van der Waals surface area (Å²) >= 11 is 0. The van der Waals surface area contributed by atoms with E-state index in [0.717, 1.165) is 24.5 Å². The number of aliphatic carboxylic acids is 1. The average molecular weight is 305 g/mol. The smallest absolute Gasteiger partial charge is 0.326 e. The van der Waals surface area contributed by atoms with Crippen LogP contribution >= 0.6 is 21.6 Å². The zero-order valence-electron chi connectivity index (χ0n) is 11.4. The van der Waals surface area contributed by atoms with Crippen LogP contribution in [-0.4, -0.2) is 34.0 Å². The Labute approximate surface area is 122 Å². The predicted octanol–water partition coefficient (Wildman–Crippen LogP) is 3.07. The minimum Gasteiger partial charge on any atom is -0.480 e. The van der Waals surface area contributed by atoms with Crippen molar-refractivity contribution in [2.24, 2.45) is 0 Å². The molecule has 1 saturated heterocycles. The van der Waals surface area contributed by atoms with E-state index in [1.165, 1.54) is 18.6 Å². The molecular formula is C13H23NO3S2. The molecule has 1 aliphatic rings. The highest BCUT2D eigenvalue weighted by Gasteiger charge is 2.19. The Morgan fingerprint density at radius 1 is 1.42 bits per heavy atom. The number of carbonyl (C=O) groups excluding carboxylic acids is 1. The number of carbonyl (C=O) groups is 2. The number of rotatable bonds is 9. The Morgan fingerprint density at radius 2 is 2.21 bits per heavy atom. The van der Waals surface area contributed by atoms with Gasteiger partial charge >= 0.3 is 5.97 Å². The van der Waals surface area contributed by atoms with Crippen molar-refractivity contribution in [1.29, 1.82) is 0 Å². The number of unbranched alkanes of at least 4 members (excludes halogenated alkanes) is 1. The van der Waals surface area contributed by atoms with Crippen molar-refractivity contribution in [3.63, 3.8) is 0 Å². The van der Waals surface area contributed by atoms with Gasteiger partial charge in [-0.05, 0) is 25.7 Å². The van der Waals surface area contributed by atoms with Gasteiger partial charge in [-0.1, -0.05) is 41.4 Å². The van der Waals surface area contributed by atoms with Crippen LogP contribution in [0.1, 0.15) is 51.9 Å². The summed E-state index contributed by atoms with van der Waals surface area (Å²) in [4.78, 5) is 22.6. The third-order valence-corrected chi connectivity index (χ3v) is 6.12. The first kappa shape index (κ1) is 16.7. The van der Waals surface area contributed by atoms with E-state index in [2.05, 4.69) is 5.32 Å². The van der Waals surface area contributed by atoms with Crippen LogP contribution in [-0.2, 0) is 9.59 Å². The van der Waals surface area contributed by atoms with Crippen LogP contribution in [0.5, 0.6) is 0 Å². The number of hydrogen-bond donors (Lipinski definition) is 2. The normalized spacial score (nSPS) is 20.2. The zero-order chi connectivity index (χ0) is 14.1. The molecule has 4 nitrogen and oxygen atoms in total. The van der Waals surface area contributed by atoms with E-state index in [-0.39, 0.29) is 5.91 Å². The van der Waals surface area contributed by atoms with Gasteiger partial charge in [0.05, 0.1) is 0 Å². The van der Waals surface area contributed by atoms with Gasteiger partial charge in [0.1, 0.15) is 6.04 Å². The highest BCUT2D eigenvalue weighted by molar-refractivity contribution is 8.77. The fraction of sp³-hybridized carbons (Fsp3) is 0.846. The molecule has 0 bridgehead atoms. The first-order valence-corrected chi connectivity index (χ1v) is 9.32. The van der Waals surface area contributed by atoms with Gasteiger partial charge in [0, 0.05) is 17.4 Å². The summed E-state index contributed by atoms with van der Waals surface area (Å²) in [5, 5.41) is 12.3. The van der Waals surface area contributed by atoms with Crippen LogP contribution in [0.4, 0.5) is 0 Å². The van der Waals surface area contributed by atoms with Crippen LogP contribution in [0.15, 0.2) is 0 Å². The second-order valence-electron chi connectivity index (χ2n) is 4.82. The standard InChI is InChI=1S/C13H23NO3S2/c1-2-5-11(13(16)17)14-12(15)7-4-3-6-10-8-9-18-19-10/h10-11H,2-9H2,1H3,(H,14,15)(H,16,17)/t10-,11+/m1/s1. The molecule has 2 atom stereocenters. The second-order valence-corrected chi connectivity index (χ2v) is 7.61. The van der Waals surface area contributed by atoms with Crippen LogP contribution in [0.25, 0.3) is 0 Å². The summed E-state index contributed by atoms with van der Waals surface area (Å²) in [6.45, 7) is 1.92. The molecule has 110 valence electrons. The largest absolute Gasteiger partial charge is 0.480 e. The summed E-state index contributed by atoms with van der Waals surface area (Å²) < 4.78 is 0. The van der Waals surface area contributed by atoms with E-state index in [1.54, 1.807) is 0 Å².